The fourth-order valence-electron chi connectivity index (χ4n) is 3.99. The van der Waals surface area contributed by atoms with Crippen molar-refractivity contribution in [3.8, 4) is 22.9 Å². The number of carbonyl (C=O) groups is 2. The van der Waals surface area contributed by atoms with Gasteiger partial charge in [0, 0.05) is 29.4 Å². The number of anilines is 3. The third kappa shape index (κ3) is 6.11. The van der Waals surface area contributed by atoms with Crippen LogP contribution >= 0.6 is 0 Å². The number of nitrogens with one attached hydrogen (secondary N) is 3. The third-order valence-electron chi connectivity index (χ3n) is 6.11. The molecule has 1 aliphatic rings. The van der Waals surface area contributed by atoms with Gasteiger partial charge < -0.3 is 20.1 Å². The molecule has 0 aliphatic carbocycles. The molecule has 3 aromatic heterocycles. The molecule has 0 atom stereocenters. The number of amides is 3. The number of pyridine rings is 2. The van der Waals surface area contributed by atoms with E-state index in [0.717, 1.165) is 17.8 Å². The number of nitrogens with zero attached hydrogens (tertiary/aromatic N) is 4. The first-order valence-electron chi connectivity index (χ1n) is 12.7. The van der Waals surface area contributed by atoms with E-state index in [1.807, 2.05) is 27.7 Å². The number of benzene rings is 1. The molecule has 4 aromatic rings. The lowest BCUT2D eigenvalue weighted by atomic mass is 9.92. The van der Waals surface area contributed by atoms with E-state index in [1.54, 1.807) is 24.4 Å². The molecular weight excluding hydrogens is 555 g/mol. The minimum absolute atomic E-state index is 0.0556. The molecule has 3 amide bonds. The van der Waals surface area contributed by atoms with Crippen LogP contribution in [0, 0.1) is 6.92 Å². The number of halogens is 3. The number of hydrogen-bond donors (Lipinski definition) is 3. The number of carbonyl (C=O) groups excluding carboxylic acids is 2. The number of rotatable bonds is 5. The molecule has 1 aromatic carbocycles. The number of urea groups is 1. The fourth-order valence-corrected chi connectivity index (χ4v) is 3.99. The van der Waals surface area contributed by atoms with Crippen molar-refractivity contribution in [1.82, 2.24) is 19.7 Å². The highest BCUT2D eigenvalue weighted by atomic mass is 19.4. The Hall–Kier alpha value is -5.14. The average Bonchev–Trinajstić information content (AvgIpc) is 3.33. The van der Waals surface area contributed by atoms with Crippen LogP contribution in [0.2, 0.25) is 0 Å². The maximum Gasteiger partial charge on any atom is 0.418 e. The van der Waals surface area contributed by atoms with Crippen molar-refractivity contribution in [2.75, 3.05) is 22.6 Å². The van der Waals surface area contributed by atoms with E-state index in [4.69, 9.17) is 9.47 Å². The van der Waals surface area contributed by atoms with E-state index in [9.17, 15) is 22.8 Å². The van der Waals surface area contributed by atoms with E-state index in [0.29, 0.717) is 11.4 Å². The Labute approximate surface area is 238 Å². The third-order valence-corrected chi connectivity index (χ3v) is 6.11. The van der Waals surface area contributed by atoms with Crippen LogP contribution in [0.15, 0.2) is 54.9 Å². The fraction of sp³-hybridized carbons (Fsp3) is 0.250. The highest BCUT2D eigenvalue weighted by Crippen LogP contribution is 2.41. The Bertz CT molecular complexity index is 1660. The zero-order chi connectivity index (χ0) is 30.2. The molecule has 0 unspecified atom stereocenters. The Kier molecular flexibility index (Phi) is 7.22. The molecule has 0 bridgehead atoms. The number of ether oxygens (including phenoxy) is 2. The molecule has 5 rings (SSSR count). The number of aryl methyl sites for hydroxylation is 1. The van der Waals surface area contributed by atoms with E-state index < -0.39 is 29.4 Å². The van der Waals surface area contributed by atoms with Crippen molar-refractivity contribution in [1.29, 1.82) is 0 Å². The smallest absolute Gasteiger partial charge is 0.418 e. The average molecular weight is 582 g/mol. The van der Waals surface area contributed by atoms with Gasteiger partial charge >= 0.3 is 12.2 Å². The Morgan fingerprint density at radius 3 is 2.55 bits per heavy atom. The minimum atomic E-state index is -4.83. The van der Waals surface area contributed by atoms with Gasteiger partial charge in [0.2, 0.25) is 5.75 Å². The summed E-state index contributed by atoms with van der Waals surface area (Å²) in [5.74, 6) is -0.131. The van der Waals surface area contributed by atoms with Crippen LogP contribution in [0.3, 0.4) is 0 Å². The van der Waals surface area contributed by atoms with Crippen molar-refractivity contribution < 1.29 is 32.2 Å². The second kappa shape index (κ2) is 10.7. The van der Waals surface area contributed by atoms with Gasteiger partial charge in [0.15, 0.2) is 18.2 Å². The molecule has 42 heavy (non-hydrogen) atoms. The SMILES string of the molecule is Cc1ccc(-n2nc(C(C)(C)C)cc2NC(=O)Nc2ccc(Oc3ccnc4c3OCC(=O)N4)cc2C(F)(F)F)cn1. The number of fused-ring (bicyclic) bond motifs is 1. The number of aromatic nitrogens is 4. The van der Waals surface area contributed by atoms with E-state index >= 15 is 0 Å². The number of hydrogen-bond acceptors (Lipinski definition) is 7. The Morgan fingerprint density at radius 2 is 1.86 bits per heavy atom. The maximum absolute atomic E-state index is 14.1. The van der Waals surface area contributed by atoms with Gasteiger partial charge in [-0.25, -0.2) is 14.5 Å². The van der Waals surface area contributed by atoms with E-state index in [1.165, 1.54) is 23.0 Å². The standard InChI is InChI=1S/C28H26F3N7O4/c1-15-5-6-16(13-33-15)38-22(12-21(37-38)27(2,3)4)35-26(40)34-19-8-7-17(11-18(19)28(29,30)31)42-20-9-10-32-25-24(20)41-14-23(39)36-25/h5-13H,14H2,1-4H3,(H,32,36,39)(H2,34,35,40). The van der Waals surface area contributed by atoms with Crippen LogP contribution in [0.1, 0.15) is 37.7 Å². The largest absolute Gasteiger partial charge is 0.476 e. The number of alkyl halides is 3. The quantitative estimate of drug-likeness (QED) is 0.261. The summed E-state index contributed by atoms with van der Waals surface area (Å²) in [6.45, 7) is 7.37. The van der Waals surface area contributed by atoms with Crippen molar-refractivity contribution in [2.45, 2.75) is 39.3 Å². The molecule has 1 aliphatic heterocycles. The van der Waals surface area contributed by atoms with Crippen molar-refractivity contribution in [3.63, 3.8) is 0 Å². The van der Waals surface area contributed by atoms with Crippen LogP contribution in [0.25, 0.3) is 5.69 Å². The Morgan fingerprint density at radius 1 is 1.07 bits per heavy atom. The first-order chi connectivity index (χ1) is 19.8. The predicted octanol–water partition coefficient (Wildman–Crippen LogP) is 6.05. The van der Waals surface area contributed by atoms with Crippen molar-refractivity contribution in [3.05, 3.63) is 71.8 Å². The molecule has 0 spiro atoms. The van der Waals surface area contributed by atoms with Gasteiger partial charge in [-0.05, 0) is 37.3 Å². The molecule has 0 saturated carbocycles. The summed E-state index contributed by atoms with van der Waals surface area (Å²) in [5.41, 5.74) is -0.0150. The molecule has 4 heterocycles. The highest BCUT2D eigenvalue weighted by Gasteiger charge is 2.35. The molecule has 3 N–H and O–H groups in total. The van der Waals surface area contributed by atoms with Crippen molar-refractivity contribution in [2.24, 2.45) is 0 Å². The van der Waals surface area contributed by atoms with Gasteiger partial charge in [-0.1, -0.05) is 20.8 Å². The monoisotopic (exact) mass is 581 g/mol. The maximum atomic E-state index is 14.1. The molecule has 218 valence electrons. The van der Waals surface area contributed by atoms with Gasteiger partial charge in [-0.3, -0.25) is 15.1 Å². The van der Waals surface area contributed by atoms with Crippen LogP contribution in [0.5, 0.6) is 17.2 Å². The lowest BCUT2D eigenvalue weighted by Crippen LogP contribution is -2.26. The zero-order valence-corrected chi connectivity index (χ0v) is 23.0. The summed E-state index contributed by atoms with van der Waals surface area (Å²) >= 11 is 0. The van der Waals surface area contributed by atoms with Gasteiger partial charge in [0.1, 0.15) is 11.6 Å². The molecule has 0 fully saturated rings. The van der Waals surface area contributed by atoms with Gasteiger partial charge in [0.25, 0.3) is 5.91 Å². The van der Waals surface area contributed by atoms with Gasteiger partial charge in [-0.15, -0.1) is 0 Å². The molecule has 14 heteroatoms. The lowest BCUT2D eigenvalue weighted by Gasteiger charge is -2.20. The van der Waals surface area contributed by atoms with E-state index in [-0.39, 0.29) is 40.9 Å². The summed E-state index contributed by atoms with van der Waals surface area (Å²) in [7, 11) is 0. The van der Waals surface area contributed by atoms with Gasteiger partial charge in [-0.2, -0.15) is 18.3 Å². The summed E-state index contributed by atoms with van der Waals surface area (Å²) in [6, 6.07) is 8.77. The summed E-state index contributed by atoms with van der Waals surface area (Å²) < 4.78 is 54.7. The zero-order valence-electron chi connectivity index (χ0n) is 23.0. The van der Waals surface area contributed by atoms with Crippen LogP contribution < -0.4 is 25.4 Å². The first-order valence-corrected chi connectivity index (χ1v) is 12.7. The van der Waals surface area contributed by atoms with E-state index in [2.05, 4.69) is 31.0 Å². The van der Waals surface area contributed by atoms with Crippen molar-refractivity contribution >= 4 is 29.3 Å². The second-order valence-electron chi connectivity index (χ2n) is 10.4. The first kappa shape index (κ1) is 28.4. The highest BCUT2D eigenvalue weighted by molar-refractivity contribution is 6.00. The normalized spacial score (nSPS) is 13.1. The summed E-state index contributed by atoms with van der Waals surface area (Å²) in [5, 5.41) is 12.0. The Balaban J connectivity index is 1.40. The molecular formula is C28H26F3N7O4. The predicted molar refractivity (Wildman–Crippen MR) is 147 cm³/mol. The molecule has 0 radical (unpaired) electrons. The molecule has 0 saturated heterocycles. The topological polar surface area (TPSA) is 132 Å². The summed E-state index contributed by atoms with van der Waals surface area (Å²) in [4.78, 5) is 32.8. The van der Waals surface area contributed by atoms with Gasteiger partial charge in [0.05, 0.1) is 28.8 Å². The lowest BCUT2D eigenvalue weighted by molar-refractivity contribution is -0.137. The van der Waals surface area contributed by atoms with Crippen LogP contribution in [-0.2, 0) is 16.4 Å². The van der Waals surface area contributed by atoms with Crippen LogP contribution in [0.4, 0.5) is 35.3 Å². The minimum Gasteiger partial charge on any atom is -0.476 e. The summed E-state index contributed by atoms with van der Waals surface area (Å²) in [6.07, 6.45) is -1.94. The van der Waals surface area contributed by atoms with Crippen LogP contribution in [-0.4, -0.2) is 38.3 Å². The molecule has 11 nitrogen and oxygen atoms in total. The second-order valence-corrected chi connectivity index (χ2v) is 10.4.